The normalized spacial score (nSPS) is 22.1. The number of hydrogen-bond donors (Lipinski definition) is 2. The van der Waals surface area contributed by atoms with Crippen molar-refractivity contribution in [1.29, 1.82) is 0 Å². The fourth-order valence-corrected chi connectivity index (χ4v) is 4.07. The van der Waals surface area contributed by atoms with Crippen molar-refractivity contribution >= 4 is 26.5 Å². The fourth-order valence-electron chi connectivity index (χ4n) is 1.09. The lowest BCUT2D eigenvalue weighted by Crippen LogP contribution is -2.45. The maximum Gasteiger partial charge on any atom is 0.419 e. The summed E-state index contributed by atoms with van der Waals surface area (Å²) in [5.41, 5.74) is 0. The molecule has 0 aromatic rings. The Morgan fingerprint density at radius 1 is 1.44 bits per heavy atom. The zero-order valence-electron chi connectivity index (χ0n) is 8.02. The van der Waals surface area contributed by atoms with Gasteiger partial charge in [0, 0.05) is 6.54 Å². The maximum atomic E-state index is 11.5. The van der Waals surface area contributed by atoms with Gasteiger partial charge in [-0.05, 0) is 0 Å². The molecule has 0 aromatic heterocycles. The third-order valence-electron chi connectivity index (χ3n) is 1.67. The van der Waals surface area contributed by atoms with Crippen LogP contribution in [0.4, 0.5) is 4.79 Å². The van der Waals surface area contributed by atoms with E-state index in [0.29, 0.717) is 4.47 Å². The second kappa shape index (κ2) is 4.14. The van der Waals surface area contributed by atoms with Crippen molar-refractivity contribution in [1.82, 2.24) is 12.9 Å². The van der Waals surface area contributed by atoms with Crippen LogP contribution >= 0.6 is 0 Å². The van der Waals surface area contributed by atoms with Crippen LogP contribution in [-0.4, -0.2) is 56.4 Å². The Morgan fingerprint density at radius 2 is 2.00 bits per heavy atom. The molecule has 1 fully saturated rings. The van der Waals surface area contributed by atoms with Crippen molar-refractivity contribution in [2.45, 2.75) is 0 Å². The molecule has 0 saturated carbocycles. The summed E-state index contributed by atoms with van der Waals surface area (Å²) in [6, 6.07) is 0. The van der Waals surface area contributed by atoms with Crippen molar-refractivity contribution in [3.8, 4) is 0 Å². The van der Waals surface area contributed by atoms with Crippen molar-refractivity contribution in [3.63, 3.8) is 0 Å². The zero-order chi connectivity index (χ0) is 12.6. The first-order chi connectivity index (χ1) is 7.21. The molecule has 0 aliphatic carbocycles. The van der Waals surface area contributed by atoms with Crippen LogP contribution in [0.2, 0.25) is 0 Å². The predicted molar refractivity (Wildman–Crippen MR) is 49.4 cm³/mol. The van der Waals surface area contributed by atoms with Gasteiger partial charge in [0.15, 0.2) is 0 Å². The van der Waals surface area contributed by atoms with Crippen LogP contribution in [0.5, 0.6) is 0 Å². The first kappa shape index (κ1) is 13.1. The summed E-state index contributed by atoms with van der Waals surface area (Å²) < 4.78 is 47.1. The molecule has 2 N–H and O–H groups in total. The number of carbonyl (C=O) groups is 1. The summed E-state index contributed by atoms with van der Waals surface area (Å²) in [4.78, 5) is 14.6. The Morgan fingerprint density at radius 3 is 2.38 bits per heavy atom. The summed E-state index contributed by atoms with van der Waals surface area (Å²) >= 11 is 0. The number of nitrogens with one attached hydrogen (secondary N) is 1. The van der Waals surface area contributed by atoms with E-state index in [0.717, 1.165) is 11.8 Å². The molecule has 94 valence electrons. The Bertz CT molecular complexity index is 482. The minimum Gasteiger partial charge on any atom is -0.464 e. The lowest BCUT2D eigenvalue weighted by Gasteiger charge is -2.15. The SMILES string of the molecule is CON1CCN(S(=O)(=O)NC(=O)O)S1(=O)=O. The van der Waals surface area contributed by atoms with E-state index >= 15 is 0 Å². The monoisotopic (exact) mass is 275 g/mol. The smallest absolute Gasteiger partial charge is 0.419 e. The molecule has 10 nitrogen and oxygen atoms in total. The topological polar surface area (TPSA) is 133 Å². The van der Waals surface area contributed by atoms with Gasteiger partial charge >= 0.3 is 26.5 Å². The van der Waals surface area contributed by atoms with Crippen LogP contribution in [0.25, 0.3) is 0 Å². The second-order valence-corrected chi connectivity index (χ2v) is 6.20. The van der Waals surface area contributed by atoms with E-state index in [1.165, 1.54) is 0 Å². The van der Waals surface area contributed by atoms with E-state index in [-0.39, 0.29) is 10.3 Å². The number of nitrogens with zero attached hydrogens (tertiary/aromatic N) is 2. The molecule has 0 radical (unpaired) electrons. The van der Waals surface area contributed by atoms with Crippen molar-refractivity contribution in [3.05, 3.63) is 0 Å². The number of rotatable bonds is 3. The van der Waals surface area contributed by atoms with E-state index in [9.17, 15) is 21.6 Å². The largest absolute Gasteiger partial charge is 0.464 e. The molecule has 1 aliphatic rings. The Kier molecular flexibility index (Phi) is 3.39. The lowest BCUT2D eigenvalue weighted by molar-refractivity contribution is -0.0386. The molecule has 0 bridgehead atoms. The summed E-state index contributed by atoms with van der Waals surface area (Å²) in [5, 5.41) is 8.25. The second-order valence-electron chi connectivity index (χ2n) is 2.63. The van der Waals surface area contributed by atoms with E-state index in [2.05, 4.69) is 4.84 Å². The highest BCUT2D eigenvalue weighted by atomic mass is 32.3. The van der Waals surface area contributed by atoms with Gasteiger partial charge in [0.25, 0.3) is 0 Å². The molecule has 1 amide bonds. The first-order valence-corrected chi connectivity index (χ1v) is 6.66. The van der Waals surface area contributed by atoms with E-state index < -0.39 is 33.1 Å². The summed E-state index contributed by atoms with van der Waals surface area (Å²) in [5.74, 6) is 0. The minimum atomic E-state index is -4.64. The van der Waals surface area contributed by atoms with Gasteiger partial charge in [-0.2, -0.15) is 16.8 Å². The van der Waals surface area contributed by atoms with E-state index in [1.807, 2.05) is 0 Å². The number of amides is 1. The van der Waals surface area contributed by atoms with E-state index in [1.54, 1.807) is 0 Å². The number of hydrogen-bond acceptors (Lipinski definition) is 6. The highest BCUT2D eigenvalue weighted by Gasteiger charge is 2.45. The highest BCUT2D eigenvalue weighted by Crippen LogP contribution is 2.19. The van der Waals surface area contributed by atoms with Gasteiger partial charge in [0.1, 0.15) is 0 Å². The number of carboxylic acid groups (broad SMARTS) is 1. The maximum absolute atomic E-state index is 11.5. The Hall–Kier alpha value is -0.950. The molecule has 0 unspecified atom stereocenters. The predicted octanol–water partition coefficient (Wildman–Crippen LogP) is -2.08. The molecule has 12 heteroatoms. The standard InChI is InChI=1S/C4H9N3O7S2/c1-14-6-2-3-7(16(6,12)13)15(10,11)5-4(8)9/h5H,2-3H2,1H3,(H,8,9). The van der Waals surface area contributed by atoms with Crippen LogP contribution in [0, 0.1) is 0 Å². The van der Waals surface area contributed by atoms with Gasteiger partial charge < -0.3 is 5.11 Å². The molecule has 1 heterocycles. The van der Waals surface area contributed by atoms with Gasteiger partial charge in [-0.3, -0.25) is 4.84 Å². The zero-order valence-corrected chi connectivity index (χ0v) is 9.65. The molecule has 1 rings (SSSR count). The molecule has 0 atom stereocenters. The van der Waals surface area contributed by atoms with Crippen molar-refractivity contribution in [2.24, 2.45) is 0 Å². The minimum absolute atomic E-state index is 0.0115. The summed E-state index contributed by atoms with van der Waals surface area (Å²) in [6.07, 6.45) is -1.87. The van der Waals surface area contributed by atoms with Gasteiger partial charge in [0.05, 0.1) is 13.7 Å². The van der Waals surface area contributed by atoms with Gasteiger partial charge in [-0.1, -0.05) is 8.18 Å². The average molecular weight is 275 g/mol. The van der Waals surface area contributed by atoms with Crippen LogP contribution in [-0.2, 0) is 25.3 Å². The van der Waals surface area contributed by atoms with Crippen LogP contribution in [0.1, 0.15) is 0 Å². The highest BCUT2D eigenvalue weighted by molar-refractivity contribution is 8.02. The van der Waals surface area contributed by atoms with Gasteiger partial charge in [0.2, 0.25) is 0 Å². The van der Waals surface area contributed by atoms with Crippen LogP contribution in [0.3, 0.4) is 0 Å². The third-order valence-corrected chi connectivity index (χ3v) is 5.52. The Balaban J connectivity index is 3.05. The Labute approximate surface area is 91.7 Å². The fraction of sp³-hybridized carbons (Fsp3) is 0.750. The van der Waals surface area contributed by atoms with Gasteiger partial charge in [-0.15, -0.1) is 0 Å². The van der Waals surface area contributed by atoms with Crippen LogP contribution in [0.15, 0.2) is 0 Å². The third kappa shape index (κ3) is 2.25. The average Bonchev–Trinajstić information content (AvgIpc) is 2.38. The van der Waals surface area contributed by atoms with E-state index in [4.69, 9.17) is 5.11 Å². The van der Waals surface area contributed by atoms with Crippen molar-refractivity contribution < 1.29 is 31.6 Å². The van der Waals surface area contributed by atoms with Gasteiger partial charge in [-0.25, -0.2) is 9.52 Å². The van der Waals surface area contributed by atoms with Crippen LogP contribution < -0.4 is 4.72 Å². The molecule has 0 aromatic carbocycles. The first-order valence-electron chi connectivity index (χ1n) is 3.82. The molecular formula is C4H9N3O7S2. The quantitative estimate of drug-likeness (QED) is 0.604. The molecule has 16 heavy (non-hydrogen) atoms. The molecule has 1 saturated heterocycles. The summed E-state index contributed by atoms with van der Waals surface area (Å²) in [6.45, 7) is -0.627. The number of hydroxylamine groups is 1. The molecule has 0 spiro atoms. The van der Waals surface area contributed by atoms with Crippen molar-refractivity contribution in [2.75, 3.05) is 20.2 Å². The molecule has 1 aliphatic heterocycles. The lowest BCUT2D eigenvalue weighted by atomic mass is 10.7. The molecular weight excluding hydrogens is 266 g/mol. The summed E-state index contributed by atoms with van der Waals surface area (Å²) in [7, 11) is -7.93.